The highest BCUT2D eigenvalue weighted by molar-refractivity contribution is 7.10. The van der Waals surface area contributed by atoms with Gasteiger partial charge in [0.2, 0.25) is 12.3 Å². The van der Waals surface area contributed by atoms with E-state index in [2.05, 4.69) is 58.3 Å². The van der Waals surface area contributed by atoms with Crippen LogP contribution in [0, 0.1) is 0 Å². The molecule has 3 atom stereocenters. The maximum atomic E-state index is 3.47. The molecule has 1 aromatic heterocycles. The second-order valence-corrected chi connectivity index (χ2v) is 4.92. The number of nitrogens with one attached hydrogen (secondary N) is 1. The zero-order chi connectivity index (χ0) is 10.1. The number of rotatable bonds is 1. The molecule has 0 unspecified atom stereocenters. The maximum absolute atomic E-state index is 3.47. The molecular weight excluding hydrogens is 204 g/mol. The molecule has 0 bridgehead atoms. The average Bonchev–Trinajstić information content (AvgIpc) is 2.82. The van der Waals surface area contributed by atoms with Gasteiger partial charge in [-0.3, -0.25) is 0 Å². The molecule has 0 amide bonds. The van der Waals surface area contributed by atoms with Gasteiger partial charge in [-0.15, -0.1) is 11.3 Å². The van der Waals surface area contributed by atoms with Crippen molar-refractivity contribution in [2.75, 3.05) is 0 Å². The Balaban J connectivity index is 1.85. The van der Waals surface area contributed by atoms with Crippen molar-refractivity contribution in [3.05, 3.63) is 46.7 Å². The molecule has 0 spiro atoms. The summed E-state index contributed by atoms with van der Waals surface area (Å²) < 4.78 is 0. The largest absolute Gasteiger partial charge is 0.320 e. The Hall–Kier alpha value is -1.19. The van der Waals surface area contributed by atoms with E-state index in [1.165, 1.54) is 4.88 Å². The van der Waals surface area contributed by atoms with Crippen LogP contribution in [-0.4, -0.2) is 18.3 Å². The van der Waals surface area contributed by atoms with E-state index < -0.39 is 0 Å². The quantitative estimate of drug-likeness (QED) is 0.629. The normalized spacial score (nSPS) is 32.9. The Morgan fingerprint density at radius 3 is 3.07 bits per heavy atom. The monoisotopic (exact) mass is 218 g/mol. The minimum atomic E-state index is 0.461. The van der Waals surface area contributed by atoms with Crippen LogP contribution < -0.4 is 10.3 Å². The van der Waals surface area contributed by atoms with Gasteiger partial charge in [0.15, 0.2) is 12.1 Å². The molecule has 1 aliphatic heterocycles. The molecule has 1 aliphatic carbocycles. The van der Waals surface area contributed by atoms with Crippen molar-refractivity contribution in [2.24, 2.45) is 0 Å². The van der Waals surface area contributed by atoms with Gasteiger partial charge < -0.3 is 5.32 Å². The van der Waals surface area contributed by atoms with E-state index in [0.29, 0.717) is 18.1 Å². The molecular formula is C12H14N2S+2. The minimum Gasteiger partial charge on any atom is -0.320 e. The summed E-state index contributed by atoms with van der Waals surface area (Å²) in [5, 5.41) is 4.56. The van der Waals surface area contributed by atoms with Gasteiger partial charge >= 0.3 is 0 Å². The average molecular weight is 218 g/mol. The number of quaternary nitrogens is 1. The highest BCUT2D eigenvalue weighted by Crippen LogP contribution is 2.14. The van der Waals surface area contributed by atoms with Crippen LogP contribution >= 0.6 is 11.3 Å². The molecule has 0 aromatic carbocycles. The Morgan fingerprint density at radius 2 is 2.20 bits per heavy atom. The molecule has 3 heteroatoms. The first-order valence-corrected chi connectivity index (χ1v) is 6.14. The lowest BCUT2D eigenvalue weighted by Gasteiger charge is -2.22. The third-order valence-corrected chi connectivity index (χ3v) is 3.92. The predicted molar refractivity (Wildman–Crippen MR) is 61.9 cm³/mol. The predicted octanol–water partition coefficient (Wildman–Crippen LogP) is -0.619. The van der Waals surface area contributed by atoms with Gasteiger partial charge in [0, 0.05) is 0 Å². The number of hydrogen-bond acceptors (Lipinski definition) is 1. The molecule has 0 fully saturated rings. The third kappa shape index (κ3) is 1.68. The summed E-state index contributed by atoms with van der Waals surface area (Å²) in [5.74, 6) is 0. The molecule has 3 rings (SSSR count). The smallest absolute Gasteiger partial charge is 0.224 e. The van der Waals surface area contributed by atoms with Crippen LogP contribution in [0.2, 0.25) is 0 Å². The van der Waals surface area contributed by atoms with E-state index in [9.17, 15) is 0 Å². The lowest BCUT2D eigenvalue weighted by molar-refractivity contribution is -0.752. The molecule has 2 heterocycles. The van der Waals surface area contributed by atoms with Crippen molar-refractivity contribution in [3.8, 4) is 0 Å². The number of allylic oxidation sites excluding steroid dienone is 2. The van der Waals surface area contributed by atoms with Crippen molar-refractivity contribution in [2.45, 2.75) is 18.1 Å². The van der Waals surface area contributed by atoms with E-state index in [1.807, 2.05) is 11.3 Å². The second kappa shape index (κ2) is 3.76. The van der Waals surface area contributed by atoms with Crippen LogP contribution in [-0.2, 0) is 0 Å². The van der Waals surface area contributed by atoms with E-state index in [4.69, 9.17) is 0 Å². The zero-order valence-corrected chi connectivity index (χ0v) is 9.15. The van der Waals surface area contributed by atoms with Crippen molar-refractivity contribution in [1.29, 1.82) is 0 Å². The van der Waals surface area contributed by atoms with Crippen LogP contribution in [0.1, 0.15) is 10.9 Å². The van der Waals surface area contributed by atoms with Crippen molar-refractivity contribution in [1.82, 2.24) is 0 Å². The SMILES string of the molecule is C1=C[C@@H]2[NH+]=C[C@@H](c3cccs3)[NH2+][C@H]2C=C1. The number of nitrogens with two attached hydrogens (primary N) is 1. The fraction of sp³-hybridized carbons (Fsp3) is 0.250. The van der Waals surface area contributed by atoms with E-state index in [1.54, 1.807) is 0 Å². The highest BCUT2D eigenvalue weighted by Gasteiger charge is 2.34. The van der Waals surface area contributed by atoms with Crippen molar-refractivity contribution in [3.63, 3.8) is 0 Å². The topological polar surface area (TPSA) is 30.6 Å². The Labute approximate surface area is 93.0 Å². The van der Waals surface area contributed by atoms with Crippen LogP contribution in [0.15, 0.2) is 41.8 Å². The summed E-state index contributed by atoms with van der Waals surface area (Å²) in [6, 6.07) is 5.78. The molecule has 2 aliphatic rings. The Morgan fingerprint density at radius 1 is 1.27 bits per heavy atom. The number of thiophene rings is 1. The summed E-state index contributed by atoms with van der Waals surface area (Å²) in [4.78, 5) is 4.89. The van der Waals surface area contributed by atoms with Gasteiger partial charge in [0.1, 0.15) is 0 Å². The van der Waals surface area contributed by atoms with Gasteiger partial charge in [-0.25, -0.2) is 4.99 Å². The third-order valence-electron chi connectivity index (χ3n) is 2.95. The summed E-state index contributed by atoms with van der Waals surface area (Å²) in [6.45, 7) is 0. The van der Waals surface area contributed by atoms with Crippen LogP contribution in [0.4, 0.5) is 0 Å². The van der Waals surface area contributed by atoms with Crippen LogP contribution in [0.3, 0.4) is 0 Å². The van der Waals surface area contributed by atoms with Crippen LogP contribution in [0.25, 0.3) is 0 Å². The zero-order valence-electron chi connectivity index (χ0n) is 8.34. The second-order valence-electron chi connectivity index (χ2n) is 3.94. The lowest BCUT2D eigenvalue weighted by atomic mass is 10.00. The van der Waals surface area contributed by atoms with E-state index in [-0.39, 0.29) is 0 Å². The fourth-order valence-electron chi connectivity index (χ4n) is 2.14. The standard InChI is InChI=1S/C12H12N2S/c1-2-5-10-9(4-1)13-8-11(14-10)12-6-3-7-15-12/h1-11,14H/p+2/t9-,10-,11-/m0/s1. The molecule has 0 saturated carbocycles. The molecule has 2 nitrogen and oxygen atoms in total. The van der Waals surface area contributed by atoms with Gasteiger partial charge in [0.05, 0.1) is 4.88 Å². The maximum Gasteiger partial charge on any atom is 0.224 e. The summed E-state index contributed by atoms with van der Waals surface area (Å²) in [5.41, 5.74) is 0. The first kappa shape index (κ1) is 9.07. The van der Waals surface area contributed by atoms with Gasteiger partial charge in [-0.1, -0.05) is 18.2 Å². The highest BCUT2D eigenvalue weighted by atomic mass is 32.1. The first-order chi connectivity index (χ1) is 7.43. The molecule has 15 heavy (non-hydrogen) atoms. The van der Waals surface area contributed by atoms with Gasteiger partial charge in [0.25, 0.3) is 0 Å². The molecule has 3 N–H and O–H groups in total. The molecule has 0 saturated heterocycles. The Kier molecular flexibility index (Phi) is 2.27. The van der Waals surface area contributed by atoms with Crippen molar-refractivity contribution < 1.29 is 10.3 Å². The summed E-state index contributed by atoms with van der Waals surface area (Å²) in [7, 11) is 0. The van der Waals surface area contributed by atoms with Gasteiger partial charge in [-0.2, -0.15) is 0 Å². The lowest BCUT2D eigenvalue weighted by Crippen LogP contribution is -3.04. The number of fused-ring (bicyclic) bond motifs is 1. The van der Waals surface area contributed by atoms with E-state index in [0.717, 1.165) is 0 Å². The number of hydrogen-bond donors (Lipinski definition) is 2. The summed E-state index contributed by atoms with van der Waals surface area (Å²) in [6.07, 6.45) is 10.9. The Bertz CT molecular complexity index is 417. The molecule has 0 radical (unpaired) electrons. The molecule has 1 aromatic rings. The fourth-order valence-corrected chi connectivity index (χ4v) is 2.92. The van der Waals surface area contributed by atoms with Crippen LogP contribution in [0.5, 0.6) is 0 Å². The molecule has 76 valence electrons. The van der Waals surface area contributed by atoms with Gasteiger partial charge in [-0.05, 0) is 23.6 Å². The first-order valence-electron chi connectivity index (χ1n) is 5.26. The van der Waals surface area contributed by atoms with E-state index >= 15 is 0 Å². The summed E-state index contributed by atoms with van der Waals surface area (Å²) >= 11 is 1.82. The van der Waals surface area contributed by atoms with Crippen molar-refractivity contribution >= 4 is 17.6 Å². The minimum absolute atomic E-state index is 0.461.